The summed E-state index contributed by atoms with van der Waals surface area (Å²) in [5.41, 5.74) is 6.47. The van der Waals surface area contributed by atoms with Gasteiger partial charge in [-0.3, -0.25) is 29.4 Å². The van der Waals surface area contributed by atoms with Crippen LogP contribution in [0.1, 0.15) is 22.3 Å². The van der Waals surface area contributed by atoms with Crippen LogP contribution in [0.15, 0.2) is 107 Å². The number of nitro benzene ring substituents is 1. The SMILES string of the molecule is CS(=O)(=O)Nc1ccn(C(=O)Oc2ccc([N+](=O)[O-])cc2)n1.Cc1ccc(CN2CCN(C(=O)n3ccc(NS(C)(=O)=O)n3)CC2)c(-c2nnco2)c1.Cc1ccc(CN2CCNCC2)c(-c2nnco2)c1. The Kier molecular flexibility index (Phi) is 16.8. The Bertz CT molecular complexity index is 3170. The van der Waals surface area contributed by atoms with Crippen molar-refractivity contribution in [3.8, 4) is 28.7 Å². The summed E-state index contributed by atoms with van der Waals surface area (Å²) in [5.74, 6) is 1.26. The lowest BCUT2D eigenvalue weighted by atomic mass is 10.0. The van der Waals surface area contributed by atoms with Crippen molar-refractivity contribution >= 4 is 49.5 Å². The summed E-state index contributed by atoms with van der Waals surface area (Å²) in [6.45, 7) is 12.5. The van der Waals surface area contributed by atoms with Crippen molar-refractivity contribution in [2.45, 2.75) is 26.9 Å². The minimum atomic E-state index is -3.50. The minimum Gasteiger partial charge on any atom is -0.423 e. The van der Waals surface area contributed by atoms with Crippen molar-refractivity contribution in [2.75, 3.05) is 74.3 Å². The number of ether oxygens (including phenoxy) is 1. The number of anilines is 2. The van der Waals surface area contributed by atoms with Gasteiger partial charge in [0.05, 0.1) is 17.4 Å². The zero-order valence-electron chi connectivity index (χ0n) is 39.5. The van der Waals surface area contributed by atoms with Crippen molar-refractivity contribution in [1.29, 1.82) is 0 Å². The average molecular weight is 1030 g/mol. The summed E-state index contributed by atoms with van der Waals surface area (Å²) in [6, 6.07) is 19.9. The van der Waals surface area contributed by atoms with Gasteiger partial charge >= 0.3 is 12.1 Å². The van der Waals surface area contributed by atoms with Crippen LogP contribution in [-0.4, -0.2) is 153 Å². The van der Waals surface area contributed by atoms with Crippen molar-refractivity contribution in [3.05, 3.63) is 130 Å². The summed E-state index contributed by atoms with van der Waals surface area (Å²) in [6.07, 6.45) is 6.44. The van der Waals surface area contributed by atoms with Gasteiger partial charge in [0.1, 0.15) is 5.75 Å². The highest BCUT2D eigenvalue weighted by Gasteiger charge is 2.25. The maximum Gasteiger partial charge on any atom is 0.440 e. The number of benzene rings is 3. The number of piperazine rings is 2. The Morgan fingerprint density at radius 2 is 1.18 bits per heavy atom. The smallest absolute Gasteiger partial charge is 0.423 e. The van der Waals surface area contributed by atoms with E-state index < -0.39 is 31.1 Å². The lowest BCUT2D eigenvalue weighted by Crippen LogP contribution is -2.49. The Morgan fingerprint density at radius 3 is 1.65 bits per heavy atom. The third-order valence-corrected chi connectivity index (χ3v) is 11.9. The molecule has 1 amide bonds. The summed E-state index contributed by atoms with van der Waals surface area (Å²) in [5, 5.41) is 37.2. The first-order valence-corrected chi connectivity index (χ1v) is 25.8. The number of nitrogens with zero attached hydrogens (tertiary/aromatic N) is 12. The molecule has 6 heterocycles. The third kappa shape index (κ3) is 15.0. The maximum absolute atomic E-state index is 12.7. The van der Waals surface area contributed by atoms with Gasteiger partial charge < -0.3 is 23.8 Å². The number of carbonyl (C=O) groups excluding carboxylic acids is 2. The zero-order chi connectivity index (χ0) is 51.4. The van der Waals surface area contributed by atoms with Crippen LogP contribution in [0.2, 0.25) is 0 Å². The van der Waals surface area contributed by atoms with Crippen molar-refractivity contribution in [1.82, 2.24) is 60.0 Å². The molecule has 380 valence electrons. The fraction of sp³-hybridized carbons (Fsp3) is 0.318. The van der Waals surface area contributed by atoms with E-state index >= 15 is 0 Å². The van der Waals surface area contributed by atoms with Crippen LogP contribution in [0.5, 0.6) is 5.75 Å². The second-order valence-corrected chi connectivity index (χ2v) is 20.0. The normalized spacial score (nSPS) is 14.3. The van der Waals surface area contributed by atoms with E-state index in [9.17, 15) is 36.5 Å². The number of aryl methyl sites for hydroxylation is 2. The molecule has 4 aromatic heterocycles. The van der Waals surface area contributed by atoms with Crippen LogP contribution < -0.4 is 19.5 Å². The molecular formula is C44H51N15O11S2. The molecule has 2 aliphatic rings. The molecule has 72 heavy (non-hydrogen) atoms. The van der Waals surface area contributed by atoms with Gasteiger partial charge in [-0.05, 0) is 49.2 Å². The number of sulfonamides is 2. The topological polar surface area (TPSA) is 314 Å². The van der Waals surface area contributed by atoms with E-state index in [0.717, 1.165) is 76.9 Å². The van der Waals surface area contributed by atoms with E-state index in [2.05, 4.69) is 92.4 Å². The van der Waals surface area contributed by atoms with Gasteiger partial charge in [-0.1, -0.05) is 35.4 Å². The number of nitrogens with one attached hydrogen (secondary N) is 3. The lowest BCUT2D eigenvalue weighted by molar-refractivity contribution is -0.384. The van der Waals surface area contributed by atoms with Crippen LogP contribution >= 0.6 is 0 Å². The predicted octanol–water partition coefficient (Wildman–Crippen LogP) is 4.06. The molecule has 3 N–H and O–H groups in total. The standard InChI is InChI=1S/C19H23N7O4S.C14H18N4O.C11H10N4O6S/c1-14-3-4-15(16(11-14)18-21-20-13-30-18)12-24-7-9-25(10-8-24)19(27)26-6-5-17(22-26)23-31(2,28)29;1-11-2-3-12(9-18-6-4-15-5-7-18)13(8-11)14-17-16-10-19-14;1-22(19,20)13-10-6-7-14(12-10)11(16)21-9-4-2-8(3-5-9)15(17)18/h3-6,11,13H,7-10,12H2,1-2H3,(H,22,23);2-3,8,10,15H,4-7,9H2,1H3;2-7H,1H3,(H,12,13). The molecule has 0 spiro atoms. The molecule has 0 radical (unpaired) electrons. The van der Waals surface area contributed by atoms with Gasteiger partial charge in [0.25, 0.3) is 5.69 Å². The number of hydrogen-bond donors (Lipinski definition) is 3. The monoisotopic (exact) mass is 1030 g/mol. The molecule has 28 heteroatoms. The molecule has 0 atom stereocenters. The number of carbonyl (C=O) groups is 2. The van der Waals surface area contributed by atoms with E-state index in [-0.39, 0.29) is 29.1 Å². The van der Waals surface area contributed by atoms with Gasteiger partial charge in [0, 0.05) is 113 Å². The van der Waals surface area contributed by atoms with Crippen molar-refractivity contribution in [3.63, 3.8) is 0 Å². The van der Waals surface area contributed by atoms with Crippen molar-refractivity contribution in [2.24, 2.45) is 0 Å². The van der Waals surface area contributed by atoms with Crippen LogP contribution in [0.4, 0.5) is 26.9 Å². The zero-order valence-corrected chi connectivity index (χ0v) is 41.1. The Morgan fingerprint density at radius 1 is 0.694 bits per heavy atom. The highest BCUT2D eigenvalue weighted by Crippen LogP contribution is 2.26. The summed E-state index contributed by atoms with van der Waals surface area (Å²) in [4.78, 5) is 40.8. The summed E-state index contributed by atoms with van der Waals surface area (Å²) < 4.78 is 66.6. The van der Waals surface area contributed by atoms with Gasteiger partial charge in [-0.15, -0.1) is 30.6 Å². The molecule has 26 nitrogen and oxygen atoms in total. The molecule has 0 bridgehead atoms. The van der Waals surface area contributed by atoms with Gasteiger partial charge in [-0.25, -0.2) is 26.4 Å². The van der Waals surface area contributed by atoms with Crippen LogP contribution in [0, 0.1) is 24.0 Å². The first-order chi connectivity index (χ1) is 34.4. The molecule has 2 fully saturated rings. The van der Waals surface area contributed by atoms with Crippen molar-refractivity contribution < 1.29 is 44.9 Å². The Balaban J connectivity index is 0.000000164. The second kappa shape index (κ2) is 23.3. The fourth-order valence-corrected chi connectivity index (χ4v) is 8.33. The summed E-state index contributed by atoms with van der Waals surface area (Å²) in [7, 11) is -6.95. The average Bonchev–Trinajstić information content (AvgIpc) is 4.20. The van der Waals surface area contributed by atoms with Gasteiger partial charge in [0.15, 0.2) is 11.6 Å². The highest BCUT2D eigenvalue weighted by molar-refractivity contribution is 7.92. The van der Waals surface area contributed by atoms with E-state index in [1.807, 2.05) is 13.0 Å². The highest BCUT2D eigenvalue weighted by atomic mass is 32.2. The first-order valence-electron chi connectivity index (χ1n) is 22.1. The lowest BCUT2D eigenvalue weighted by Gasteiger charge is -2.34. The molecule has 9 rings (SSSR count). The molecule has 3 aromatic carbocycles. The Hall–Kier alpha value is -7.92. The minimum absolute atomic E-state index is 0.0388. The molecule has 2 aliphatic heterocycles. The number of aromatic nitrogens is 8. The number of rotatable bonds is 12. The van der Waals surface area contributed by atoms with Gasteiger partial charge in [-0.2, -0.15) is 9.36 Å². The number of hydrogen-bond acceptors (Lipinski definition) is 20. The van der Waals surface area contributed by atoms with E-state index in [4.69, 9.17) is 13.6 Å². The molecule has 2 saturated heterocycles. The van der Waals surface area contributed by atoms with E-state index in [1.54, 1.807) is 4.90 Å². The fourth-order valence-electron chi connectivity index (χ4n) is 7.36. The maximum atomic E-state index is 12.7. The third-order valence-electron chi connectivity index (χ3n) is 10.7. The molecule has 0 aliphatic carbocycles. The number of amides is 1. The quantitative estimate of drug-likeness (QED) is 0.115. The van der Waals surface area contributed by atoms with E-state index in [0.29, 0.717) is 44.5 Å². The predicted molar refractivity (Wildman–Crippen MR) is 261 cm³/mol. The van der Waals surface area contributed by atoms with E-state index in [1.165, 1.54) is 72.7 Å². The Labute approximate surface area is 413 Å². The van der Waals surface area contributed by atoms with Gasteiger partial charge in [0.2, 0.25) is 44.6 Å². The second-order valence-electron chi connectivity index (χ2n) is 16.5. The number of non-ortho nitro benzene ring substituents is 1. The molecule has 7 aromatic rings. The summed E-state index contributed by atoms with van der Waals surface area (Å²) >= 11 is 0. The van der Waals surface area contributed by atoms with Crippen LogP contribution in [-0.2, 0) is 33.1 Å². The number of nitro groups is 1. The molecular weight excluding hydrogens is 979 g/mol. The first kappa shape index (κ1) is 51.9. The van der Waals surface area contributed by atoms with Crippen LogP contribution in [0.3, 0.4) is 0 Å². The molecule has 0 saturated carbocycles. The van der Waals surface area contributed by atoms with Crippen LogP contribution in [0.25, 0.3) is 22.9 Å². The molecule has 0 unspecified atom stereocenters. The largest absolute Gasteiger partial charge is 0.440 e.